The summed E-state index contributed by atoms with van der Waals surface area (Å²) in [6.07, 6.45) is 0. The Kier molecular flexibility index (Phi) is 2.14. The van der Waals surface area contributed by atoms with Crippen molar-refractivity contribution >= 4 is 5.69 Å². The maximum atomic E-state index is 5.74. The van der Waals surface area contributed by atoms with E-state index >= 15 is 0 Å². The normalized spacial score (nSPS) is 19.6. The van der Waals surface area contributed by atoms with Crippen molar-refractivity contribution in [3.05, 3.63) is 22.8 Å². The summed E-state index contributed by atoms with van der Waals surface area (Å²) in [6.45, 7) is 9.28. The second-order valence-corrected chi connectivity index (χ2v) is 4.20. The maximum absolute atomic E-state index is 5.74. The Bertz CT molecular complexity index is 371. The van der Waals surface area contributed by atoms with Crippen molar-refractivity contribution in [1.82, 2.24) is 0 Å². The van der Waals surface area contributed by atoms with E-state index in [-0.39, 0.29) is 0 Å². The lowest BCUT2D eigenvalue weighted by atomic mass is 10.0. The zero-order valence-corrected chi connectivity index (χ0v) is 9.27. The molecule has 1 heterocycles. The molecule has 0 amide bonds. The van der Waals surface area contributed by atoms with Gasteiger partial charge in [-0.05, 0) is 44.4 Å². The van der Waals surface area contributed by atoms with Crippen LogP contribution in [0, 0.1) is 20.8 Å². The molecule has 0 saturated heterocycles. The molecule has 14 heavy (non-hydrogen) atoms. The first-order chi connectivity index (χ1) is 6.59. The van der Waals surface area contributed by atoms with Gasteiger partial charge >= 0.3 is 0 Å². The molecule has 0 fully saturated rings. The SMILES string of the molecule is Cc1cc(C)c2c(c1C)NC(C)CO2. The highest BCUT2D eigenvalue weighted by molar-refractivity contribution is 5.68. The molecule has 76 valence electrons. The molecule has 1 aliphatic heterocycles. The van der Waals surface area contributed by atoms with Crippen LogP contribution < -0.4 is 10.1 Å². The van der Waals surface area contributed by atoms with Gasteiger partial charge in [-0.3, -0.25) is 0 Å². The predicted molar refractivity (Wildman–Crippen MR) is 59.2 cm³/mol. The number of benzene rings is 1. The van der Waals surface area contributed by atoms with Crippen molar-refractivity contribution in [2.24, 2.45) is 0 Å². The van der Waals surface area contributed by atoms with Crippen LogP contribution in [0.3, 0.4) is 0 Å². The Hall–Kier alpha value is -1.18. The molecule has 0 saturated carbocycles. The minimum absolute atomic E-state index is 0.405. The first-order valence-electron chi connectivity index (χ1n) is 5.09. The summed E-state index contributed by atoms with van der Waals surface area (Å²) in [6, 6.07) is 2.59. The van der Waals surface area contributed by atoms with Gasteiger partial charge in [0.15, 0.2) is 0 Å². The summed E-state index contributed by atoms with van der Waals surface area (Å²) in [7, 11) is 0. The van der Waals surface area contributed by atoms with Gasteiger partial charge in [-0.25, -0.2) is 0 Å². The molecule has 0 spiro atoms. The molecule has 2 nitrogen and oxygen atoms in total. The van der Waals surface area contributed by atoms with Crippen molar-refractivity contribution < 1.29 is 4.74 Å². The molecule has 1 atom stereocenters. The summed E-state index contributed by atoms with van der Waals surface area (Å²) in [4.78, 5) is 0. The number of rotatable bonds is 0. The van der Waals surface area contributed by atoms with E-state index in [9.17, 15) is 0 Å². The van der Waals surface area contributed by atoms with Crippen LogP contribution in [-0.2, 0) is 0 Å². The van der Waals surface area contributed by atoms with Gasteiger partial charge in [-0.2, -0.15) is 0 Å². The molecule has 2 rings (SSSR count). The Morgan fingerprint density at radius 3 is 2.71 bits per heavy atom. The van der Waals surface area contributed by atoms with Crippen LogP contribution in [0.15, 0.2) is 6.07 Å². The topological polar surface area (TPSA) is 21.3 Å². The minimum atomic E-state index is 0.405. The average Bonchev–Trinajstić information content (AvgIpc) is 2.14. The fourth-order valence-corrected chi connectivity index (χ4v) is 1.92. The molecule has 1 aromatic rings. The van der Waals surface area contributed by atoms with Gasteiger partial charge in [0.1, 0.15) is 12.4 Å². The summed E-state index contributed by atoms with van der Waals surface area (Å²) < 4.78 is 5.74. The third-order valence-corrected chi connectivity index (χ3v) is 2.85. The summed E-state index contributed by atoms with van der Waals surface area (Å²) >= 11 is 0. The van der Waals surface area contributed by atoms with E-state index in [0.29, 0.717) is 6.04 Å². The number of aryl methyl sites for hydroxylation is 2. The second-order valence-electron chi connectivity index (χ2n) is 4.20. The molecule has 2 heteroatoms. The molecule has 0 radical (unpaired) electrons. The van der Waals surface area contributed by atoms with Crippen LogP contribution in [0.5, 0.6) is 5.75 Å². The number of anilines is 1. The van der Waals surface area contributed by atoms with Gasteiger partial charge in [0.2, 0.25) is 0 Å². The quantitative estimate of drug-likeness (QED) is 0.681. The molecular formula is C12H17NO. The maximum Gasteiger partial charge on any atom is 0.145 e. The van der Waals surface area contributed by atoms with Gasteiger partial charge in [0.25, 0.3) is 0 Å². The Morgan fingerprint density at radius 1 is 1.29 bits per heavy atom. The lowest BCUT2D eigenvalue weighted by Gasteiger charge is -2.28. The highest BCUT2D eigenvalue weighted by atomic mass is 16.5. The average molecular weight is 191 g/mol. The minimum Gasteiger partial charge on any atom is -0.489 e. The first kappa shape index (κ1) is 9.38. The summed E-state index contributed by atoms with van der Waals surface area (Å²) in [5, 5.41) is 3.48. The lowest BCUT2D eigenvalue weighted by Crippen LogP contribution is -2.29. The highest BCUT2D eigenvalue weighted by Crippen LogP contribution is 2.36. The van der Waals surface area contributed by atoms with E-state index in [1.807, 2.05) is 0 Å². The monoisotopic (exact) mass is 191 g/mol. The molecule has 0 bridgehead atoms. The van der Waals surface area contributed by atoms with Gasteiger partial charge in [-0.15, -0.1) is 0 Å². The van der Waals surface area contributed by atoms with Crippen molar-refractivity contribution in [3.63, 3.8) is 0 Å². The molecule has 0 aliphatic carbocycles. The van der Waals surface area contributed by atoms with E-state index in [4.69, 9.17) is 4.74 Å². The number of hydrogen-bond acceptors (Lipinski definition) is 2. The van der Waals surface area contributed by atoms with E-state index in [2.05, 4.69) is 39.1 Å². The Balaban J connectivity index is 2.57. The molecule has 0 aromatic heterocycles. The largest absolute Gasteiger partial charge is 0.489 e. The molecule has 1 unspecified atom stereocenters. The number of fused-ring (bicyclic) bond motifs is 1. The van der Waals surface area contributed by atoms with Crippen LogP contribution in [0.1, 0.15) is 23.6 Å². The van der Waals surface area contributed by atoms with Crippen LogP contribution in [-0.4, -0.2) is 12.6 Å². The van der Waals surface area contributed by atoms with E-state index in [1.165, 1.54) is 22.4 Å². The van der Waals surface area contributed by atoms with E-state index in [1.54, 1.807) is 0 Å². The van der Waals surface area contributed by atoms with E-state index < -0.39 is 0 Å². The lowest BCUT2D eigenvalue weighted by molar-refractivity contribution is 0.289. The third-order valence-electron chi connectivity index (χ3n) is 2.85. The highest BCUT2D eigenvalue weighted by Gasteiger charge is 2.19. The standard InChI is InChI=1S/C12H17NO/c1-7-5-8(2)12-11(10(7)4)13-9(3)6-14-12/h5,9,13H,6H2,1-4H3. The van der Waals surface area contributed by atoms with Gasteiger partial charge < -0.3 is 10.1 Å². The zero-order valence-electron chi connectivity index (χ0n) is 9.27. The fourth-order valence-electron chi connectivity index (χ4n) is 1.92. The van der Waals surface area contributed by atoms with Gasteiger partial charge in [0, 0.05) is 0 Å². The fraction of sp³-hybridized carbons (Fsp3) is 0.500. The number of nitrogens with one attached hydrogen (secondary N) is 1. The smallest absolute Gasteiger partial charge is 0.145 e. The van der Waals surface area contributed by atoms with Crippen LogP contribution >= 0.6 is 0 Å². The molecular weight excluding hydrogens is 174 g/mol. The van der Waals surface area contributed by atoms with Crippen molar-refractivity contribution in [3.8, 4) is 5.75 Å². The van der Waals surface area contributed by atoms with Crippen LogP contribution in [0.25, 0.3) is 0 Å². The third kappa shape index (κ3) is 1.35. The van der Waals surface area contributed by atoms with Crippen molar-refractivity contribution in [1.29, 1.82) is 0 Å². The first-order valence-corrected chi connectivity index (χ1v) is 5.09. The predicted octanol–water partition coefficient (Wildman–Crippen LogP) is 2.80. The number of hydrogen-bond donors (Lipinski definition) is 1. The molecule has 1 N–H and O–H groups in total. The molecule has 1 aromatic carbocycles. The van der Waals surface area contributed by atoms with Crippen molar-refractivity contribution in [2.75, 3.05) is 11.9 Å². The van der Waals surface area contributed by atoms with Crippen LogP contribution in [0.4, 0.5) is 5.69 Å². The van der Waals surface area contributed by atoms with Gasteiger partial charge in [-0.1, -0.05) is 6.07 Å². The van der Waals surface area contributed by atoms with Crippen molar-refractivity contribution in [2.45, 2.75) is 33.7 Å². The Labute approximate surface area is 85.3 Å². The number of ether oxygens (including phenoxy) is 1. The summed E-state index contributed by atoms with van der Waals surface area (Å²) in [5.74, 6) is 1.03. The summed E-state index contributed by atoms with van der Waals surface area (Å²) in [5.41, 5.74) is 5.03. The van der Waals surface area contributed by atoms with Crippen LogP contribution in [0.2, 0.25) is 0 Å². The second kappa shape index (κ2) is 3.19. The van der Waals surface area contributed by atoms with Gasteiger partial charge in [0.05, 0.1) is 11.7 Å². The zero-order chi connectivity index (χ0) is 10.3. The van der Waals surface area contributed by atoms with E-state index in [0.717, 1.165) is 12.4 Å². The Morgan fingerprint density at radius 2 is 2.00 bits per heavy atom. The molecule has 1 aliphatic rings.